The summed E-state index contributed by atoms with van der Waals surface area (Å²) in [6, 6.07) is 8.05. The summed E-state index contributed by atoms with van der Waals surface area (Å²) >= 11 is 1.63. The minimum atomic E-state index is 0.238. The van der Waals surface area contributed by atoms with Crippen LogP contribution >= 0.6 is 11.3 Å². The zero-order chi connectivity index (χ0) is 13.1. The number of benzene rings is 1. The molecule has 1 aromatic heterocycles. The number of para-hydroxylation sites is 1. The summed E-state index contributed by atoms with van der Waals surface area (Å²) in [6.45, 7) is 6.04. The Morgan fingerprint density at radius 3 is 2.67 bits per heavy atom. The molecule has 1 aromatic carbocycles. The third-order valence-electron chi connectivity index (χ3n) is 2.70. The SMILES string of the molecule is C/C=C\C(O)=C(\c1nc2ccccc2s1)C(C)C. The highest BCUT2D eigenvalue weighted by Crippen LogP contribution is 2.32. The molecule has 1 N–H and O–H groups in total. The molecule has 18 heavy (non-hydrogen) atoms. The Bertz CT molecular complexity index is 575. The molecule has 0 unspecified atom stereocenters. The fourth-order valence-electron chi connectivity index (χ4n) is 1.89. The van der Waals surface area contributed by atoms with Crippen molar-refractivity contribution in [2.75, 3.05) is 0 Å². The maximum absolute atomic E-state index is 10.1. The van der Waals surface area contributed by atoms with Crippen LogP contribution in [0.15, 0.2) is 42.2 Å². The van der Waals surface area contributed by atoms with Crippen molar-refractivity contribution < 1.29 is 5.11 Å². The molecule has 0 saturated heterocycles. The molecule has 2 rings (SSSR count). The molecular weight excluding hydrogens is 242 g/mol. The molecule has 0 spiro atoms. The average Bonchev–Trinajstić information content (AvgIpc) is 2.71. The Labute approximate surface area is 111 Å². The summed E-state index contributed by atoms with van der Waals surface area (Å²) in [5.74, 6) is 0.549. The topological polar surface area (TPSA) is 33.1 Å². The summed E-state index contributed by atoms with van der Waals surface area (Å²) in [5, 5.41) is 11.0. The number of allylic oxidation sites excluding steroid dienone is 3. The van der Waals surface area contributed by atoms with Crippen LogP contribution in [0.25, 0.3) is 15.8 Å². The first-order valence-corrected chi connectivity index (χ1v) is 6.87. The van der Waals surface area contributed by atoms with Gasteiger partial charge in [0.15, 0.2) is 0 Å². The highest BCUT2D eigenvalue weighted by Gasteiger charge is 2.15. The average molecular weight is 259 g/mol. The number of nitrogens with zero attached hydrogens (tertiary/aromatic N) is 1. The Morgan fingerprint density at radius 1 is 1.33 bits per heavy atom. The number of thiazole rings is 1. The normalized spacial score (nSPS) is 13.6. The Morgan fingerprint density at radius 2 is 2.06 bits per heavy atom. The van der Waals surface area contributed by atoms with E-state index in [1.54, 1.807) is 17.4 Å². The summed E-state index contributed by atoms with van der Waals surface area (Å²) in [6.07, 6.45) is 3.56. The van der Waals surface area contributed by atoms with Crippen molar-refractivity contribution in [3.63, 3.8) is 0 Å². The number of rotatable bonds is 3. The Hall–Kier alpha value is -1.61. The summed E-state index contributed by atoms with van der Waals surface area (Å²) in [4.78, 5) is 4.60. The fraction of sp³-hybridized carbons (Fsp3) is 0.267. The number of aromatic nitrogens is 1. The minimum absolute atomic E-state index is 0.238. The van der Waals surface area contributed by atoms with Crippen LogP contribution in [0, 0.1) is 5.92 Å². The second-order valence-corrected chi connectivity index (χ2v) is 5.47. The van der Waals surface area contributed by atoms with Crippen LogP contribution in [0.1, 0.15) is 25.8 Å². The van der Waals surface area contributed by atoms with E-state index in [2.05, 4.69) is 24.9 Å². The third kappa shape index (κ3) is 2.46. The molecule has 0 aliphatic rings. The van der Waals surface area contributed by atoms with Crippen LogP contribution in [-0.4, -0.2) is 10.1 Å². The van der Waals surface area contributed by atoms with Gasteiger partial charge >= 0.3 is 0 Å². The fourth-order valence-corrected chi connectivity index (χ4v) is 3.05. The zero-order valence-electron chi connectivity index (χ0n) is 10.8. The van der Waals surface area contributed by atoms with Crippen molar-refractivity contribution in [1.82, 2.24) is 4.98 Å². The van der Waals surface area contributed by atoms with Crippen LogP contribution in [0.2, 0.25) is 0 Å². The maximum atomic E-state index is 10.1. The van der Waals surface area contributed by atoms with Crippen LogP contribution < -0.4 is 0 Å². The van der Waals surface area contributed by atoms with Crippen molar-refractivity contribution >= 4 is 27.1 Å². The van der Waals surface area contributed by atoms with E-state index >= 15 is 0 Å². The van der Waals surface area contributed by atoms with Crippen LogP contribution in [-0.2, 0) is 0 Å². The Balaban J connectivity index is 2.59. The van der Waals surface area contributed by atoms with Crippen molar-refractivity contribution in [3.8, 4) is 0 Å². The highest BCUT2D eigenvalue weighted by molar-refractivity contribution is 7.19. The lowest BCUT2D eigenvalue weighted by Crippen LogP contribution is -1.97. The predicted octanol–water partition coefficient (Wildman–Crippen LogP) is 4.80. The maximum Gasteiger partial charge on any atom is 0.124 e. The first-order chi connectivity index (χ1) is 8.63. The van der Waals surface area contributed by atoms with Crippen LogP contribution in [0.3, 0.4) is 0 Å². The summed E-state index contributed by atoms with van der Waals surface area (Å²) in [5.41, 5.74) is 1.90. The van der Waals surface area contributed by atoms with Crippen molar-refractivity contribution in [3.05, 3.63) is 47.2 Å². The summed E-state index contributed by atoms with van der Waals surface area (Å²) in [7, 11) is 0. The Kier molecular flexibility index (Phi) is 3.82. The quantitative estimate of drug-likeness (QED) is 0.634. The molecule has 94 valence electrons. The van der Waals surface area contributed by atoms with Gasteiger partial charge in [0.1, 0.15) is 10.8 Å². The molecule has 0 atom stereocenters. The first kappa shape index (κ1) is 12.8. The second-order valence-electron chi connectivity index (χ2n) is 4.44. The molecule has 1 heterocycles. The smallest absolute Gasteiger partial charge is 0.124 e. The molecule has 0 aliphatic carbocycles. The molecule has 0 aliphatic heterocycles. The van der Waals surface area contributed by atoms with Gasteiger partial charge in [0.25, 0.3) is 0 Å². The van der Waals surface area contributed by atoms with E-state index in [1.807, 2.05) is 31.2 Å². The van der Waals surface area contributed by atoms with Crippen molar-refractivity contribution in [2.45, 2.75) is 20.8 Å². The van der Waals surface area contributed by atoms with Gasteiger partial charge in [-0.1, -0.05) is 32.1 Å². The van der Waals surface area contributed by atoms with Gasteiger partial charge in [-0.05, 0) is 31.1 Å². The molecular formula is C15H17NOS. The molecule has 0 amide bonds. The first-order valence-electron chi connectivity index (χ1n) is 6.05. The predicted molar refractivity (Wildman–Crippen MR) is 78.8 cm³/mol. The van der Waals surface area contributed by atoms with Gasteiger partial charge in [-0.3, -0.25) is 0 Å². The molecule has 3 heteroatoms. The monoisotopic (exact) mass is 259 g/mol. The van der Waals surface area contributed by atoms with Gasteiger partial charge in [0.05, 0.1) is 10.2 Å². The van der Waals surface area contributed by atoms with Gasteiger partial charge in [-0.15, -0.1) is 11.3 Å². The van der Waals surface area contributed by atoms with Crippen LogP contribution in [0.5, 0.6) is 0 Å². The largest absolute Gasteiger partial charge is 0.508 e. The standard InChI is InChI=1S/C15H17NOS/c1-4-7-12(17)14(10(2)3)15-16-11-8-5-6-9-13(11)18-15/h4-10,17H,1-3H3/b7-4-,14-12-. The number of aliphatic hydroxyl groups excluding tert-OH is 1. The lowest BCUT2D eigenvalue weighted by molar-refractivity contribution is 0.430. The highest BCUT2D eigenvalue weighted by atomic mass is 32.1. The van der Waals surface area contributed by atoms with E-state index in [9.17, 15) is 5.11 Å². The lowest BCUT2D eigenvalue weighted by atomic mass is 10.0. The van der Waals surface area contributed by atoms with Crippen molar-refractivity contribution in [1.29, 1.82) is 0 Å². The van der Waals surface area contributed by atoms with E-state index in [-0.39, 0.29) is 5.92 Å². The van der Waals surface area contributed by atoms with E-state index in [1.165, 1.54) is 0 Å². The van der Waals surface area contributed by atoms with Gasteiger partial charge in [-0.2, -0.15) is 0 Å². The number of aliphatic hydroxyl groups is 1. The molecule has 0 radical (unpaired) electrons. The molecule has 0 saturated carbocycles. The number of fused-ring (bicyclic) bond motifs is 1. The zero-order valence-corrected chi connectivity index (χ0v) is 11.7. The van der Waals surface area contributed by atoms with E-state index in [0.717, 1.165) is 20.8 Å². The second kappa shape index (κ2) is 5.36. The van der Waals surface area contributed by atoms with Crippen LogP contribution in [0.4, 0.5) is 0 Å². The van der Waals surface area contributed by atoms with E-state index in [0.29, 0.717) is 5.76 Å². The van der Waals surface area contributed by atoms with Crippen molar-refractivity contribution in [2.24, 2.45) is 5.92 Å². The lowest BCUT2D eigenvalue weighted by Gasteiger charge is -2.09. The van der Waals surface area contributed by atoms with E-state index < -0.39 is 0 Å². The van der Waals surface area contributed by atoms with Gasteiger partial charge in [0, 0.05) is 5.57 Å². The molecule has 2 nitrogen and oxygen atoms in total. The van der Waals surface area contributed by atoms with Gasteiger partial charge in [-0.25, -0.2) is 4.98 Å². The third-order valence-corrected chi connectivity index (χ3v) is 3.77. The number of hydrogen-bond acceptors (Lipinski definition) is 3. The molecule has 0 bridgehead atoms. The summed E-state index contributed by atoms with van der Waals surface area (Å²) < 4.78 is 1.15. The number of hydrogen-bond donors (Lipinski definition) is 1. The van der Waals surface area contributed by atoms with Gasteiger partial charge in [0.2, 0.25) is 0 Å². The molecule has 2 aromatic rings. The van der Waals surface area contributed by atoms with E-state index in [4.69, 9.17) is 0 Å². The molecule has 0 fully saturated rings. The minimum Gasteiger partial charge on any atom is -0.508 e. The van der Waals surface area contributed by atoms with Gasteiger partial charge < -0.3 is 5.11 Å².